The Balaban J connectivity index is 1.73. The molecule has 0 aliphatic rings. The summed E-state index contributed by atoms with van der Waals surface area (Å²) < 4.78 is 15.7. The molecule has 3 rings (SSSR count). The minimum atomic E-state index is -0.389. The van der Waals surface area contributed by atoms with Gasteiger partial charge in [-0.25, -0.2) is 9.78 Å². The number of hydrogen-bond acceptors (Lipinski definition) is 6. The molecule has 1 aromatic heterocycles. The van der Waals surface area contributed by atoms with Gasteiger partial charge in [0, 0.05) is 6.08 Å². The number of methoxy groups -OCH3 is 1. The second-order valence-electron chi connectivity index (χ2n) is 5.60. The maximum absolute atomic E-state index is 11.8. The third-order valence-corrected chi connectivity index (χ3v) is 3.76. The van der Waals surface area contributed by atoms with Gasteiger partial charge in [-0.2, -0.15) is 0 Å². The molecule has 0 fully saturated rings. The van der Waals surface area contributed by atoms with Gasteiger partial charge in [-0.15, -0.1) is 0 Å². The van der Waals surface area contributed by atoms with Crippen LogP contribution in [0.2, 0.25) is 0 Å². The Morgan fingerprint density at radius 1 is 1.19 bits per heavy atom. The largest absolute Gasteiger partial charge is 0.504 e. The monoisotopic (exact) mass is 365 g/mol. The molecule has 3 aromatic rings. The van der Waals surface area contributed by atoms with Crippen LogP contribution in [0.1, 0.15) is 28.7 Å². The van der Waals surface area contributed by atoms with Crippen molar-refractivity contribution in [2.24, 2.45) is 0 Å². The smallest absolute Gasteiger partial charge is 0.338 e. The van der Waals surface area contributed by atoms with Crippen LogP contribution in [0.15, 0.2) is 53.0 Å². The average molecular weight is 365 g/mol. The van der Waals surface area contributed by atoms with E-state index < -0.39 is 0 Å². The maximum Gasteiger partial charge on any atom is 0.338 e. The number of nitrogens with zero attached hydrogens (tertiary/aromatic N) is 1. The minimum Gasteiger partial charge on any atom is -0.504 e. The molecule has 0 saturated heterocycles. The van der Waals surface area contributed by atoms with Gasteiger partial charge in [0.25, 0.3) is 0 Å². The van der Waals surface area contributed by atoms with E-state index in [1.54, 1.807) is 55.5 Å². The number of oxazole rings is 1. The summed E-state index contributed by atoms with van der Waals surface area (Å²) in [7, 11) is 1.50. The van der Waals surface area contributed by atoms with Gasteiger partial charge in [0.2, 0.25) is 5.89 Å². The number of aromatic nitrogens is 1. The molecule has 1 N–H and O–H groups in total. The Kier molecular flexibility index (Phi) is 5.56. The number of fused-ring (bicyclic) bond motifs is 1. The fourth-order valence-corrected chi connectivity index (χ4v) is 2.46. The van der Waals surface area contributed by atoms with Crippen LogP contribution in [-0.2, 0) is 4.74 Å². The molecule has 0 atom stereocenters. The number of ether oxygens (including phenoxy) is 2. The first kappa shape index (κ1) is 18.3. The second kappa shape index (κ2) is 8.23. The van der Waals surface area contributed by atoms with E-state index in [0.717, 1.165) is 5.56 Å². The summed E-state index contributed by atoms with van der Waals surface area (Å²) >= 11 is 0. The Labute approximate surface area is 156 Å². The number of carbonyl (C=O) groups is 1. The molecule has 2 aromatic carbocycles. The van der Waals surface area contributed by atoms with Crippen LogP contribution >= 0.6 is 0 Å². The van der Waals surface area contributed by atoms with Crippen LogP contribution in [0.4, 0.5) is 0 Å². The topological polar surface area (TPSA) is 81.8 Å². The highest BCUT2D eigenvalue weighted by Crippen LogP contribution is 2.26. The second-order valence-corrected chi connectivity index (χ2v) is 5.60. The predicted octanol–water partition coefficient (Wildman–Crippen LogP) is 4.45. The van der Waals surface area contributed by atoms with Crippen molar-refractivity contribution in [1.82, 2.24) is 4.98 Å². The van der Waals surface area contributed by atoms with Crippen molar-refractivity contribution in [2.45, 2.75) is 6.92 Å². The van der Waals surface area contributed by atoms with E-state index in [2.05, 4.69) is 4.98 Å². The molecule has 1 heterocycles. The van der Waals surface area contributed by atoms with Gasteiger partial charge < -0.3 is 19.0 Å². The average Bonchev–Trinajstić information content (AvgIpc) is 3.08. The molecular formula is C21H19NO5. The molecule has 0 spiro atoms. The van der Waals surface area contributed by atoms with E-state index in [4.69, 9.17) is 13.9 Å². The van der Waals surface area contributed by atoms with Crippen molar-refractivity contribution < 1.29 is 23.8 Å². The number of benzene rings is 2. The summed E-state index contributed by atoms with van der Waals surface area (Å²) in [4.78, 5) is 16.1. The lowest BCUT2D eigenvalue weighted by atomic mass is 10.2. The molecule has 6 nitrogen and oxygen atoms in total. The van der Waals surface area contributed by atoms with E-state index >= 15 is 0 Å². The summed E-state index contributed by atoms with van der Waals surface area (Å²) in [6.07, 6.45) is 7.19. The van der Waals surface area contributed by atoms with Crippen molar-refractivity contribution in [3.05, 3.63) is 65.6 Å². The lowest BCUT2D eigenvalue weighted by molar-refractivity contribution is 0.0526. The fourth-order valence-electron chi connectivity index (χ4n) is 2.46. The summed E-state index contributed by atoms with van der Waals surface area (Å²) in [5.74, 6) is 0.551. The molecule has 138 valence electrons. The van der Waals surface area contributed by atoms with E-state index in [9.17, 15) is 9.90 Å². The minimum absolute atomic E-state index is 0.0962. The van der Waals surface area contributed by atoms with Gasteiger partial charge in [0.1, 0.15) is 5.52 Å². The van der Waals surface area contributed by atoms with E-state index in [1.165, 1.54) is 7.11 Å². The van der Waals surface area contributed by atoms with Crippen LogP contribution in [0.3, 0.4) is 0 Å². The van der Waals surface area contributed by atoms with Crippen LogP contribution in [-0.4, -0.2) is 29.8 Å². The van der Waals surface area contributed by atoms with E-state index in [-0.39, 0.29) is 11.7 Å². The summed E-state index contributed by atoms with van der Waals surface area (Å²) in [5, 5.41) is 9.60. The zero-order valence-corrected chi connectivity index (χ0v) is 15.0. The van der Waals surface area contributed by atoms with Crippen molar-refractivity contribution in [2.75, 3.05) is 13.7 Å². The molecule has 0 bridgehead atoms. The number of esters is 1. The first-order valence-electron chi connectivity index (χ1n) is 8.40. The van der Waals surface area contributed by atoms with Crippen LogP contribution in [0.25, 0.3) is 23.3 Å². The van der Waals surface area contributed by atoms with Gasteiger partial charge in [-0.05, 0) is 42.8 Å². The number of allylic oxidation sites excluding steroid dienone is 2. The first-order valence-corrected chi connectivity index (χ1v) is 8.40. The Hall–Kier alpha value is -3.54. The Morgan fingerprint density at radius 3 is 2.78 bits per heavy atom. The van der Waals surface area contributed by atoms with Crippen molar-refractivity contribution in [3.8, 4) is 11.5 Å². The highest BCUT2D eigenvalue weighted by atomic mass is 16.5. The molecule has 0 unspecified atom stereocenters. The molecular weight excluding hydrogens is 346 g/mol. The zero-order valence-electron chi connectivity index (χ0n) is 15.0. The SMILES string of the molecule is CCOC(=O)c1ccc2nc(/C=C/C=C/c3ccc(O)c(OC)c3)oc2c1. The lowest BCUT2D eigenvalue weighted by Crippen LogP contribution is -2.03. The Bertz CT molecular complexity index is 1020. The third kappa shape index (κ3) is 4.36. The highest BCUT2D eigenvalue weighted by molar-refractivity contribution is 5.93. The number of phenols is 1. The van der Waals surface area contributed by atoms with Gasteiger partial charge in [-0.1, -0.05) is 24.3 Å². The quantitative estimate of drug-likeness (QED) is 0.513. The van der Waals surface area contributed by atoms with Crippen LogP contribution in [0, 0.1) is 0 Å². The summed E-state index contributed by atoms with van der Waals surface area (Å²) in [6.45, 7) is 2.08. The van der Waals surface area contributed by atoms with Gasteiger partial charge in [0.05, 0.1) is 19.3 Å². The molecule has 6 heteroatoms. The van der Waals surface area contributed by atoms with Gasteiger partial charge in [-0.3, -0.25) is 0 Å². The summed E-state index contributed by atoms with van der Waals surface area (Å²) in [6, 6.07) is 10.1. The van der Waals surface area contributed by atoms with Crippen molar-refractivity contribution >= 4 is 29.2 Å². The summed E-state index contributed by atoms with van der Waals surface area (Å²) in [5.41, 5.74) is 2.49. The zero-order chi connectivity index (χ0) is 19.2. The predicted molar refractivity (Wildman–Crippen MR) is 103 cm³/mol. The molecule has 0 saturated carbocycles. The first-order chi connectivity index (χ1) is 13.1. The van der Waals surface area contributed by atoms with Gasteiger partial charge in [0.15, 0.2) is 17.1 Å². The number of carbonyl (C=O) groups excluding carboxylic acids is 1. The standard InChI is InChI=1S/C21H19NO5/c1-3-26-21(24)15-9-10-16-18(13-15)27-20(22-16)7-5-4-6-14-8-11-17(23)19(12-14)25-2/h4-13,23H,3H2,1-2H3/b6-4+,7-5+. The molecule has 0 amide bonds. The number of aromatic hydroxyl groups is 1. The van der Waals surface area contributed by atoms with Crippen LogP contribution in [0.5, 0.6) is 11.5 Å². The molecule has 0 aliphatic heterocycles. The van der Waals surface area contributed by atoms with E-state index in [1.807, 2.05) is 12.2 Å². The van der Waals surface area contributed by atoms with E-state index in [0.29, 0.717) is 34.9 Å². The van der Waals surface area contributed by atoms with Crippen molar-refractivity contribution in [3.63, 3.8) is 0 Å². The number of rotatable bonds is 6. The number of phenolic OH excluding ortho intramolecular Hbond substituents is 1. The molecule has 27 heavy (non-hydrogen) atoms. The maximum atomic E-state index is 11.8. The number of hydrogen-bond donors (Lipinski definition) is 1. The normalized spacial score (nSPS) is 11.5. The lowest BCUT2D eigenvalue weighted by Gasteiger charge is -2.03. The third-order valence-electron chi connectivity index (χ3n) is 3.76. The van der Waals surface area contributed by atoms with Gasteiger partial charge >= 0.3 is 5.97 Å². The Morgan fingerprint density at radius 2 is 2.00 bits per heavy atom. The molecule has 0 radical (unpaired) electrons. The highest BCUT2D eigenvalue weighted by Gasteiger charge is 2.10. The fraction of sp³-hybridized carbons (Fsp3) is 0.143. The van der Waals surface area contributed by atoms with Crippen LogP contribution < -0.4 is 4.74 Å². The molecule has 0 aliphatic carbocycles. The van der Waals surface area contributed by atoms with Crippen molar-refractivity contribution in [1.29, 1.82) is 0 Å².